The Hall–Kier alpha value is -2.94. The topological polar surface area (TPSA) is 33.0 Å². The van der Waals surface area contributed by atoms with E-state index in [9.17, 15) is 4.79 Å². The Kier molecular flexibility index (Phi) is 4.25. The molecule has 0 saturated heterocycles. The second kappa shape index (κ2) is 6.68. The minimum atomic E-state index is -0.119. The van der Waals surface area contributed by atoms with Crippen LogP contribution in [0.15, 0.2) is 85.1 Å². The molecule has 0 fully saturated rings. The number of pyridine rings is 1. The van der Waals surface area contributed by atoms with E-state index < -0.39 is 0 Å². The predicted octanol–water partition coefficient (Wildman–Crippen LogP) is 2.95. The van der Waals surface area contributed by atoms with Gasteiger partial charge in [-0.2, -0.15) is 0 Å². The fourth-order valence-corrected chi connectivity index (χ4v) is 2.30. The summed E-state index contributed by atoms with van der Waals surface area (Å²) < 4.78 is 1.78. The standard InChI is InChI=1S/C19H16N2O/c22-19(17-11-5-2-6-12-17)20-21-14-8-7-13-18(21)15-16-9-3-1-4-10-16/h1-14H,15H2/p+1. The maximum absolute atomic E-state index is 12.3. The summed E-state index contributed by atoms with van der Waals surface area (Å²) in [6.45, 7) is 0. The summed E-state index contributed by atoms with van der Waals surface area (Å²) in [5, 5.41) is 0. The Balaban J connectivity index is 1.81. The minimum Gasteiger partial charge on any atom is -0.264 e. The maximum Gasteiger partial charge on any atom is 0.305 e. The van der Waals surface area contributed by atoms with Crippen LogP contribution in [0.5, 0.6) is 0 Å². The highest BCUT2D eigenvalue weighted by molar-refractivity contribution is 5.98. The lowest BCUT2D eigenvalue weighted by Crippen LogP contribution is -2.51. The number of rotatable bonds is 4. The smallest absolute Gasteiger partial charge is 0.264 e. The quantitative estimate of drug-likeness (QED) is 0.736. The molecule has 0 spiro atoms. The van der Waals surface area contributed by atoms with E-state index in [0.717, 1.165) is 12.1 Å². The average molecular weight is 289 g/mol. The number of hydrogen-bond donors (Lipinski definition) is 1. The number of carbonyl (C=O) groups is 1. The zero-order valence-electron chi connectivity index (χ0n) is 12.1. The number of nitrogens with zero attached hydrogens (tertiary/aromatic N) is 1. The second-order valence-corrected chi connectivity index (χ2v) is 5.03. The Labute approximate surface area is 129 Å². The summed E-state index contributed by atoms with van der Waals surface area (Å²) in [7, 11) is 0. The van der Waals surface area contributed by atoms with Gasteiger partial charge in [-0.05, 0) is 23.8 Å². The van der Waals surface area contributed by atoms with E-state index in [1.54, 1.807) is 16.8 Å². The highest BCUT2D eigenvalue weighted by Crippen LogP contribution is 2.05. The molecule has 3 aromatic rings. The molecule has 1 amide bonds. The van der Waals surface area contributed by atoms with Crippen LogP contribution in [0.25, 0.3) is 0 Å². The van der Waals surface area contributed by atoms with Gasteiger partial charge >= 0.3 is 5.91 Å². The van der Waals surface area contributed by atoms with Gasteiger partial charge in [-0.3, -0.25) is 4.79 Å². The molecule has 0 unspecified atom stereocenters. The molecule has 0 aliphatic heterocycles. The molecule has 1 heterocycles. The predicted molar refractivity (Wildman–Crippen MR) is 86.0 cm³/mol. The summed E-state index contributed by atoms with van der Waals surface area (Å²) in [6.07, 6.45) is 2.62. The molecule has 1 aromatic heterocycles. The molecule has 1 N–H and O–H groups in total. The van der Waals surface area contributed by atoms with Gasteiger partial charge in [0.15, 0.2) is 6.20 Å². The van der Waals surface area contributed by atoms with Crippen LogP contribution in [-0.4, -0.2) is 5.91 Å². The Morgan fingerprint density at radius 3 is 2.18 bits per heavy atom. The monoisotopic (exact) mass is 289 g/mol. The van der Waals surface area contributed by atoms with Gasteiger partial charge in [0.05, 0.1) is 6.42 Å². The molecule has 0 aliphatic carbocycles. The summed E-state index contributed by atoms with van der Waals surface area (Å²) in [5.41, 5.74) is 5.80. The lowest BCUT2D eigenvalue weighted by Gasteiger charge is -2.04. The summed E-state index contributed by atoms with van der Waals surface area (Å²) in [4.78, 5) is 12.3. The van der Waals surface area contributed by atoms with Crippen LogP contribution in [0, 0.1) is 0 Å². The van der Waals surface area contributed by atoms with Gasteiger partial charge in [0.25, 0.3) is 0 Å². The first-order valence-corrected chi connectivity index (χ1v) is 7.23. The van der Waals surface area contributed by atoms with E-state index in [0.29, 0.717) is 5.56 Å². The molecule has 0 bridgehead atoms. The van der Waals surface area contributed by atoms with Crippen LogP contribution in [0.3, 0.4) is 0 Å². The van der Waals surface area contributed by atoms with E-state index in [1.165, 1.54) is 5.56 Å². The molecule has 108 valence electrons. The second-order valence-electron chi connectivity index (χ2n) is 5.03. The first-order chi connectivity index (χ1) is 10.8. The van der Waals surface area contributed by atoms with Crippen molar-refractivity contribution < 1.29 is 9.47 Å². The lowest BCUT2D eigenvalue weighted by molar-refractivity contribution is -0.649. The number of aromatic nitrogens is 1. The van der Waals surface area contributed by atoms with Crippen molar-refractivity contribution in [3.8, 4) is 0 Å². The Bertz CT molecular complexity index is 755. The van der Waals surface area contributed by atoms with Gasteiger partial charge in [-0.1, -0.05) is 53.2 Å². The van der Waals surface area contributed by atoms with Crippen LogP contribution < -0.4 is 10.1 Å². The first kappa shape index (κ1) is 14.0. The van der Waals surface area contributed by atoms with E-state index in [2.05, 4.69) is 17.6 Å². The summed E-state index contributed by atoms with van der Waals surface area (Å²) >= 11 is 0. The molecule has 0 saturated carbocycles. The average Bonchev–Trinajstić information content (AvgIpc) is 2.58. The number of nitrogens with one attached hydrogen (secondary N) is 1. The van der Waals surface area contributed by atoms with Crippen molar-refractivity contribution in [2.24, 2.45) is 0 Å². The lowest BCUT2D eigenvalue weighted by atomic mass is 10.1. The van der Waals surface area contributed by atoms with E-state index in [4.69, 9.17) is 0 Å². The minimum absolute atomic E-state index is 0.119. The van der Waals surface area contributed by atoms with Gasteiger partial charge in [0.2, 0.25) is 5.69 Å². The van der Waals surface area contributed by atoms with Crippen LogP contribution in [0.1, 0.15) is 21.6 Å². The van der Waals surface area contributed by atoms with Crippen molar-refractivity contribution in [1.29, 1.82) is 0 Å². The van der Waals surface area contributed by atoms with Crippen molar-refractivity contribution in [1.82, 2.24) is 0 Å². The summed E-state index contributed by atoms with van der Waals surface area (Å²) in [6, 6.07) is 25.3. The molecule has 3 heteroatoms. The molecule has 0 radical (unpaired) electrons. The van der Waals surface area contributed by atoms with Gasteiger partial charge in [-0.25, -0.2) is 0 Å². The van der Waals surface area contributed by atoms with Crippen molar-refractivity contribution in [3.05, 3.63) is 102 Å². The maximum atomic E-state index is 12.3. The highest BCUT2D eigenvalue weighted by atomic mass is 16.2. The Morgan fingerprint density at radius 1 is 0.818 bits per heavy atom. The summed E-state index contributed by atoms with van der Waals surface area (Å²) in [5.74, 6) is -0.119. The third-order valence-corrected chi connectivity index (χ3v) is 3.43. The number of carbonyl (C=O) groups excluding carboxylic acids is 1. The molecule has 2 aromatic carbocycles. The zero-order valence-corrected chi connectivity index (χ0v) is 12.1. The molecule has 0 atom stereocenters. The molecule has 3 nitrogen and oxygen atoms in total. The van der Waals surface area contributed by atoms with E-state index >= 15 is 0 Å². The Morgan fingerprint density at radius 2 is 1.45 bits per heavy atom. The van der Waals surface area contributed by atoms with Crippen LogP contribution in [0.4, 0.5) is 0 Å². The largest absolute Gasteiger partial charge is 0.305 e. The number of benzene rings is 2. The van der Waals surface area contributed by atoms with Crippen molar-refractivity contribution >= 4 is 5.91 Å². The van der Waals surface area contributed by atoms with E-state index in [-0.39, 0.29) is 5.91 Å². The van der Waals surface area contributed by atoms with Gasteiger partial charge in [-0.15, -0.1) is 5.43 Å². The van der Waals surface area contributed by atoms with Gasteiger partial charge in [0.1, 0.15) is 0 Å². The van der Waals surface area contributed by atoms with E-state index in [1.807, 2.05) is 60.8 Å². The normalized spacial score (nSPS) is 10.2. The highest BCUT2D eigenvalue weighted by Gasteiger charge is 2.15. The zero-order chi connectivity index (χ0) is 15.2. The molecule has 0 aliphatic rings. The molecule has 22 heavy (non-hydrogen) atoms. The SMILES string of the molecule is O=C(N[n+]1ccccc1Cc1ccccc1)c1ccccc1. The fourth-order valence-electron chi connectivity index (χ4n) is 2.30. The van der Waals surface area contributed by atoms with Crippen molar-refractivity contribution in [3.63, 3.8) is 0 Å². The van der Waals surface area contributed by atoms with Crippen molar-refractivity contribution in [2.45, 2.75) is 6.42 Å². The van der Waals surface area contributed by atoms with Crippen molar-refractivity contribution in [2.75, 3.05) is 5.43 Å². The molecular formula is C19H17N2O+. The number of amides is 1. The third-order valence-electron chi connectivity index (χ3n) is 3.43. The van der Waals surface area contributed by atoms with Crippen LogP contribution >= 0.6 is 0 Å². The first-order valence-electron chi connectivity index (χ1n) is 7.23. The molecular weight excluding hydrogens is 272 g/mol. The van der Waals surface area contributed by atoms with Gasteiger partial charge in [0, 0.05) is 17.7 Å². The van der Waals surface area contributed by atoms with Crippen LogP contribution in [0.2, 0.25) is 0 Å². The number of hydrogen-bond acceptors (Lipinski definition) is 1. The third kappa shape index (κ3) is 3.38. The van der Waals surface area contributed by atoms with Gasteiger partial charge < -0.3 is 0 Å². The molecule has 3 rings (SSSR count). The van der Waals surface area contributed by atoms with Crippen LogP contribution in [-0.2, 0) is 6.42 Å². The fraction of sp³-hybridized carbons (Fsp3) is 0.0526.